The minimum absolute atomic E-state index is 0.124. The van der Waals surface area contributed by atoms with E-state index >= 15 is 0 Å². The first-order chi connectivity index (χ1) is 14.1. The predicted molar refractivity (Wildman–Crippen MR) is 110 cm³/mol. The fourth-order valence-corrected chi connectivity index (χ4v) is 4.16. The molecule has 1 aliphatic heterocycles. The fourth-order valence-electron chi connectivity index (χ4n) is 4.16. The van der Waals surface area contributed by atoms with Crippen molar-refractivity contribution in [2.45, 2.75) is 64.1 Å². The largest absolute Gasteiger partial charge is 0.371 e. The lowest BCUT2D eigenvalue weighted by atomic mass is 9.98. The first-order valence-electron chi connectivity index (χ1n) is 10.5. The predicted octanol–water partition coefficient (Wildman–Crippen LogP) is 3.85. The number of amides is 2. The third-order valence-corrected chi connectivity index (χ3v) is 5.71. The molecule has 2 amide bonds. The Hall–Kier alpha value is -2.67. The summed E-state index contributed by atoms with van der Waals surface area (Å²) in [6, 6.07) is 5.23. The summed E-state index contributed by atoms with van der Waals surface area (Å²) < 4.78 is 7.81. The van der Waals surface area contributed by atoms with E-state index in [1.165, 1.54) is 0 Å². The van der Waals surface area contributed by atoms with Gasteiger partial charge >= 0.3 is 6.03 Å². The molecule has 1 aromatic heterocycles. The van der Waals surface area contributed by atoms with E-state index in [1.54, 1.807) is 0 Å². The molecule has 0 unspecified atom stereocenters. The first-order valence-corrected chi connectivity index (χ1v) is 10.5. The van der Waals surface area contributed by atoms with E-state index in [9.17, 15) is 9.59 Å². The van der Waals surface area contributed by atoms with Crippen LogP contribution in [0.4, 0.5) is 10.5 Å². The van der Waals surface area contributed by atoms with Gasteiger partial charge in [-0.3, -0.25) is 9.48 Å². The summed E-state index contributed by atoms with van der Waals surface area (Å²) in [7, 11) is 0. The third kappa shape index (κ3) is 4.50. The van der Waals surface area contributed by atoms with Gasteiger partial charge in [0.2, 0.25) is 0 Å². The van der Waals surface area contributed by atoms with Gasteiger partial charge in [0.15, 0.2) is 5.78 Å². The van der Waals surface area contributed by atoms with Crippen molar-refractivity contribution >= 4 is 17.5 Å². The van der Waals surface area contributed by atoms with E-state index in [1.807, 2.05) is 42.2 Å². The Labute approximate surface area is 170 Å². The van der Waals surface area contributed by atoms with Crippen molar-refractivity contribution in [1.29, 1.82) is 0 Å². The Balaban J connectivity index is 1.44. The van der Waals surface area contributed by atoms with Crippen molar-refractivity contribution in [2.75, 3.05) is 11.9 Å². The van der Waals surface area contributed by atoms with Crippen molar-refractivity contribution < 1.29 is 14.3 Å². The number of fused-ring (bicyclic) bond motifs is 1. The molecule has 7 heteroatoms. The van der Waals surface area contributed by atoms with Crippen LogP contribution in [-0.2, 0) is 17.7 Å². The normalized spacial score (nSPS) is 21.9. The van der Waals surface area contributed by atoms with Gasteiger partial charge in [0.25, 0.3) is 0 Å². The number of aryl methyl sites for hydroxylation is 2. The SMILES string of the molecule is CCn1cc([C@H]2OCCC[C@@H]2NC(=O)Nc2ccc3c(c2)C(=O)CCCC3)cn1. The topological polar surface area (TPSA) is 85.2 Å². The van der Waals surface area contributed by atoms with Crippen LogP contribution in [0.3, 0.4) is 0 Å². The number of carbonyl (C=O) groups is 2. The van der Waals surface area contributed by atoms with Gasteiger partial charge in [-0.05, 0) is 56.7 Å². The second kappa shape index (κ2) is 8.78. The summed E-state index contributed by atoms with van der Waals surface area (Å²) in [5.41, 5.74) is 3.44. The average molecular weight is 396 g/mol. The smallest absolute Gasteiger partial charge is 0.319 e. The van der Waals surface area contributed by atoms with E-state index in [4.69, 9.17) is 4.74 Å². The molecule has 2 aromatic rings. The molecule has 2 heterocycles. The van der Waals surface area contributed by atoms with Crippen molar-refractivity contribution in [3.8, 4) is 0 Å². The highest BCUT2D eigenvalue weighted by molar-refractivity contribution is 5.99. The van der Waals surface area contributed by atoms with E-state index in [2.05, 4.69) is 15.7 Å². The number of urea groups is 1. The molecule has 2 aliphatic rings. The number of aromatic nitrogens is 2. The van der Waals surface area contributed by atoms with Gasteiger partial charge in [-0.15, -0.1) is 0 Å². The Morgan fingerprint density at radius 2 is 2.14 bits per heavy atom. The highest BCUT2D eigenvalue weighted by Gasteiger charge is 2.30. The quantitative estimate of drug-likeness (QED) is 0.769. The number of anilines is 1. The molecule has 0 radical (unpaired) electrons. The third-order valence-electron chi connectivity index (χ3n) is 5.71. The maximum absolute atomic E-state index is 12.7. The average Bonchev–Trinajstić information content (AvgIpc) is 3.13. The number of hydrogen-bond donors (Lipinski definition) is 2. The second-order valence-corrected chi connectivity index (χ2v) is 7.77. The van der Waals surface area contributed by atoms with Crippen molar-refractivity contribution in [3.63, 3.8) is 0 Å². The standard InChI is InChI=1S/C22H28N4O3/c1-2-26-14-16(13-23-26)21-19(7-5-11-29-21)25-22(28)24-17-10-9-15-6-3-4-8-20(27)18(15)12-17/h9-10,12-14,19,21H,2-8,11H2,1H3,(H2,24,25,28)/t19-,21+/m0/s1. The number of ketones is 1. The number of benzene rings is 1. The molecule has 0 spiro atoms. The van der Waals surface area contributed by atoms with E-state index in [0.29, 0.717) is 18.7 Å². The van der Waals surface area contributed by atoms with E-state index in [0.717, 1.165) is 55.3 Å². The molecule has 0 bridgehead atoms. The highest BCUT2D eigenvalue weighted by atomic mass is 16.5. The molecular weight excluding hydrogens is 368 g/mol. The van der Waals surface area contributed by atoms with E-state index in [-0.39, 0.29) is 24.0 Å². The summed E-state index contributed by atoms with van der Waals surface area (Å²) in [4.78, 5) is 25.0. The number of hydrogen-bond acceptors (Lipinski definition) is 4. The highest BCUT2D eigenvalue weighted by Crippen LogP contribution is 2.28. The minimum atomic E-state index is -0.283. The molecule has 1 fully saturated rings. The molecule has 154 valence electrons. The molecule has 2 N–H and O–H groups in total. The summed E-state index contributed by atoms with van der Waals surface area (Å²) in [6.45, 7) is 3.50. The maximum Gasteiger partial charge on any atom is 0.319 e. The number of rotatable bonds is 4. The molecule has 1 aromatic carbocycles. The van der Waals surface area contributed by atoms with Crippen LogP contribution < -0.4 is 10.6 Å². The number of Topliss-reactive ketones (excluding diaryl/α,β-unsaturated/α-hetero) is 1. The molecule has 29 heavy (non-hydrogen) atoms. The van der Waals surface area contributed by atoms with Crippen molar-refractivity contribution in [3.05, 3.63) is 47.3 Å². The second-order valence-electron chi connectivity index (χ2n) is 7.77. The number of nitrogens with zero attached hydrogens (tertiary/aromatic N) is 2. The van der Waals surface area contributed by atoms with Gasteiger partial charge < -0.3 is 15.4 Å². The van der Waals surface area contributed by atoms with Crippen LogP contribution in [-0.4, -0.2) is 34.2 Å². The molecule has 1 aliphatic carbocycles. The zero-order chi connectivity index (χ0) is 20.2. The molecule has 0 saturated carbocycles. The van der Waals surface area contributed by atoms with Gasteiger partial charge in [0, 0.05) is 42.6 Å². The Morgan fingerprint density at radius 1 is 1.28 bits per heavy atom. The zero-order valence-electron chi connectivity index (χ0n) is 16.8. The van der Waals surface area contributed by atoms with Gasteiger partial charge in [-0.1, -0.05) is 6.07 Å². The van der Waals surface area contributed by atoms with Crippen LogP contribution >= 0.6 is 0 Å². The molecule has 2 atom stereocenters. The molecular formula is C22H28N4O3. The summed E-state index contributed by atoms with van der Waals surface area (Å²) in [5.74, 6) is 0.162. The Kier molecular flexibility index (Phi) is 5.94. The summed E-state index contributed by atoms with van der Waals surface area (Å²) >= 11 is 0. The molecule has 7 nitrogen and oxygen atoms in total. The van der Waals surface area contributed by atoms with Crippen molar-refractivity contribution in [2.24, 2.45) is 0 Å². The van der Waals surface area contributed by atoms with Crippen LogP contribution in [0, 0.1) is 0 Å². The Bertz CT molecular complexity index is 892. The number of ether oxygens (including phenoxy) is 1. The first kappa shape index (κ1) is 19.6. The van der Waals surface area contributed by atoms with Crippen LogP contribution in [0.5, 0.6) is 0 Å². The number of nitrogens with one attached hydrogen (secondary N) is 2. The van der Waals surface area contributed by atoms with Gasteiger partial charge in [0.05, 0.1) is 12.2 Å². The van der Waals surface area contributed by atoms with E-state index < -0.39 is 0 Å². The molecule has 1 saturated heterocycles. The summed E-state index contributed by atoms with van der Waals surface area (Å²) in [5, 5.41) is 10.3. The Morgan fingerprint density at radius 3 is 2.97 bits per heavy atom. The van der Waals surface area contributed by atoms with Crippen LogP contribution in [0.15, 0.2) is 30.6 Å². The van der Waals surface area contributed by atoms with Crippen LogP contribution in [0.2, 0.25) is 0 Å². The maximum atomic E-state index is 12.7. The van der Waals surface area contributed by atoms with Gasteiger partial charge in [0.1, 0.15) is 6.10 Å². The van der Waals surface area contributed by atoms with Crippen LogP contribution in [0.1, 0.15) is 66.6 Å². The zero-order valence-corrected chi connectivity index (χ0v) is 16.8. The lowest BCUT2D eigenvalue weighted by molar-refractivity contribution is -0.00701. The van der Waals surface area contributed by atoms with Crippen molar-refractivity contribution in [1.82, 2.24) is 15.1 Å². The van der Waals surface area contributed by atoms with Crippen LogP contribution in [0.25, 0.3) is 0 Å². The molecule has 4 rings (SSSR count). The summed E-state index contributed by atoms with van der Waals surface area (Å²) in [6.07, 6.45) is 8.77. The lowest BCUT2D eigenvalue weighted by Crippen LogP contribution is -2.44. The minimum Gasteiger partial charge on any atom is -0.371 e. The van der Waals surface area contributed by atoms with Gasteiger partial charge in [-0.2, -0.15) is 5.10 Å². The lowest BCUT2D eigenvalue weighted by Gasteiger charge is -2.31. The van der Waals surface area contributed by atoms with Gasteiger partial charge in [-0.25, -0.2) is 4.79 Å². The monoisotopic (exact) mass is 396 g/mol. The fraction of sp³-hybridized carbons (Fsp3) is 0.500. The number of carbonyl (C=O) groups excluding carboxylic acids is 2.